The number of benzene rings is 2. The molecule has 1 radical (unpaired) electrons. The Hall–Kier alpha value is -3.68. The van der Waals surface area contributed by atoms with Gasteiger partial charge < -0.3 is 9.97 Å². The van der Waals surface area contributed by atoms with Gasteiger partial charge in [0, 0.05) is 51.9 Å². The van der Waals surface area contributed by atoms with Gasteiger partial charge in [-0.15, -0.1) is 47.5 Å². The van der Waals surface area contributed by atoms with Crippen molar-refractivity contribution in [1.82, 2.24) is 9.97 Å². The predicted octanol–water partition coefficient (Wildman–Crippen LogP) is 12.6. The monoisotopic (exact) mass is 1000 g/mol. The maximum Gasteiger partial charge on any atom is 0.399 e. The second kappa shape index (κ2) is 18.7. The van der Waals surface area contributed by atoms with E-state index >= 15 is 0 Å². The number of carbonyl (C=O) groups is 2. The Morgan fingerprint density at radius 3 is 1.05 bits per heavy atom. The molecule has 0 unspecified atom stereocenters. The maximum absolute atomic E-state index is 12.7. The average molecular weight is 1000 g/mol. The normalized spacial score (nSPS) is 12.4. The first-order valence-corrected chi connectivity index (χ1v) is 16.8. The van der Waals surface area contributed by atoms with Crippen LogP contribution in [0.3, 0.4) is 0 Å². The first-order chi connectivity index (χ1) is 24.7. The Labute approximate surface area is 331 Å². The largest absolute Gasteiger partial charge is 0.399 e. The zero-order chi connectivity index (χ0) is 42.5. The van der Waals surface area contributed by atoms with E-state index in [0.29, 0.717) is 23.3 Å². The summed E-state index contributed by atoms with van der Waals surface area (Å²) in [5, 5.41) is 0. The number of aryl methyl sites for hydroxylation is 2. The second-order valence-electron chi connectivity index (χ2n) is 14.1. The molecular formula is C38H35F12IrN2O2P-2. The summed E-state index contributed by atoms with van der Waals surface area (Å²) in [5.41, 5.74) is -5.75. The number of rotatable bonds is 4. The summed E-state index contributed by atoms with van der Waals surface area (Å²) >= 11 is 0. The zero-order valence-electron chi connectivity index (χ0n) is 30.9. The van der Waals surface area contributed by atoms with Gasteiger partial charge >= 0.3 is 24.7 Å². The van der Waals surface area contributed by atoms with Gasteiger partial charge in [0.1, 0.15) is 0 Å². The van der Waals surface area contributed by atoms with E-state index in [1.54, 1.807) is 26.0 Å². The van der Waals surface area contributed by atoms with Crippen molar-refractivity contribution in [2.45, 2.75) is 80.1 Å². The minimum atomic E-state index is -4.92. The number of nitrogens with zero attached hydrogens (tertiary/aromatic N) is 2. The van der Waals surface area contributed by atoms with Crippen LogP contribution in [0.1, 0.15) is 74.9 Å². The third kappa shape index (κ3) is 15.7. The van der Waals surface area contributed by atoms with Crippen LogP contribution in [0.25, 0.3) is 22.5 Å². The Balaban J connectivity index is 0.000000430. The van der Waals surface area contributed by atoms with Crippen molar-refractivity contribution in [3.8, 4) is 22.5 Å². The summed E-state index contributed by atoms with van der Waals surface area (Å²) in [6.07, 6.45) is -17.0. The number of carbonyl (C=O) groups excluding carboxylic acids is 2. The molecule has 56 heavy (non-hydrogen) atoms. The fourth-order valence-corrected chi connectivity index (χ4v) is 4.85. The van der Waals surface area contributed by atoms with Crippen molar-refractivity contribution in [2.24, 2.45) is 10.8 Å². The topological polar surface area (TPSA) is 59.9 Å². The molecule has 0 aliphatic heterocycles. The minimum Gasteiger partial charge on any atom is -0.305 e. The molecule has 0 bridgehead atoms. The van der Waals surface area contributed by atoms with Gasteiger partial charge in [0.05, 0.1) is 0 Å². The van der Waals surface area contributed by atoms with Crippen LogP contribution in [0, 0.1) is 36.8 Å². The van der Waals surface area contributed by atoms with Crippen LogP contribution in [0.4, 0.5) is 52.7 Å². The van der Waals surface area contributed by atoms with E-state index in [-0.39, 0.29) is 85.2 Å². The fraction of sp³-hybridized carbons (Fsp3) is 0.368. The van der Waals surface area contributed by atoms with Gasteiger partial charge in [0.15, 0.2) is 11.0 Å². The van der Waals surface area contributed by atoms with E-state index in [1.807, 2.05) is 53.7 Å². The molecule has 309 valence electrons. The Kier molecular flexibility index (Phi) is 16.8. The van der Waals surface area contributed by atoms with Gasteiger partial charge in [-0.3, -0.25) is 9.59 Å². The molecule has 2 heterocycles. The number of aromatic nitrogens is 2. The third-order valence-corrected chi connectivity index (χ3v) is 8.93. The van der Waals surface area contributed by atoms with Crippen LogP contribution in [-0.4, -0.2) is 21.0 Å². The molecule has 0 spiro atoms. The number of halogens is 12. The van der Waals surface area contributed by atoms with Crippen LogP contribution in [0.5, 0.6) is 0 Å². The van der Waals surface area contributed by atoms with Crippen molar-refractivity contribution in [2.75, 3.05) is 0 Å². The van der Waals surface area contributed by atoms with Gasteiger partial charge in [-0.25, -0.2) is 0 Å². The smallest absolute Gasteiger partial charge is 0.305 e. The predicted molar refractivity (Wildman–Crippen MR) is 184 cm³/mol. The van der Waals surface area contributed by atoms with E-state index in [9.17, 15) is 62.3 Å². The quantitative estimate of drug-likeness (QED) is 0.116. The summed E-state index contributed by atoms with van der Waals surface area (Å²) < 4.78 is 153. The number of pyridine rings is 2. The first kappa shape index (κ1) is 50.3. The Morgan fingerprint density at radius 2 is 0.821 bits per heavy atom. The standard InChI is InChI=1S/2C14H8F6N.C10H19O2P.Ir/c2*1-8-2-3-21-12(4-8)9-5-10(13(15,16)17)7-11(6-9)14(18,19)20;1-9(2,3)7(11)13-8(12)10(4,5)6;/h2*2-5,7H,1H3;13H,1-6H3;/q2*-1;;. The summed E-state index contributed by atoms with van der Waals surface area (Å²) in [6.45, 7) is 14.4. The number of hydrogen-bond acceptors (Lipinski definition) is 4. The van der Waals surface area contributed by atoms with E-state index in [0.717, 1.165) is 0 Å². The summed E-state index contributed by atoms with van der Waals surface area (Å²) in [7, 11) is -0.195. The van der Waals surface area contributed by atoms with Gasteiger partial charge in [-0.1, -0.05) is 64.8 Å². The number of hydrogen-bond donors (Lipinski definition) is 0. The van der Waals surface area contributed by atoms with Crippen LogP contribution >= 0.6 is 8.58 Å². The van der Waals surface area contributed by atoms with Crippen LogP contribution < -0.4 is 0 Å². The van der Waals surface area contributed by atoms with E-state index in [4.69, 9.17) is 0 Å². The molecule has 0 N–H and O–H groups in total. The van der Waals surface area contributed by atoms with Gasteiger partial charge in [0.2, 0.25) is 0 Å². The average Bonchev–Trinajstić information content (AvgIpc) is 3.02. The van der Waals surface area contributed by atoms with Gasteiger partial charge in [0.25, 0.3) is 0 Å². The van der Waals surface area contributed by atoms with Crippen molar-refractivity contribution in [3.63, 3.8) is 0 Å². The molecule has 0 amide bonds. The summed E-state index contributed by atoms with van der Waals surface area (Å²) in [5.74, 6) is 0. The molecule has 2 aromatic carbocycles. The molecule has 0 saturated heterocycles. The van der Waals surface area contributed by atoms with Crippen molar-refractivity contribution in [1.29, 1.82) is 0 Å². The molecule has 0 saturated carbocycles. The van der Waals surface area contributed by atoms with Gasteiger partial charge in [-0.2, -0.15) is 52.7 Å². The molecule has 4 nitrogen and oxygen atoms in total. The molecule has 4 rings (SSSR count). The van der Waals surface area contributed by atoms with Gasteiger partial charge in [-0.05, 0) is 59.6 Å². The van der Waals surface area contributed by atoms with E-state index < -0.39 is 47.0 Å². The Morgan fingerprint density at radius 1 is 0.518 bits per heavy atom. The van der Waals surface area contributed by atoms with E-state index in [2.05, 4.69) is 9.97 Å². The number of alkyl halides is 12. The molecule has 0 atom stereocenters. The molecule has 18 heteroatoms. The second-order valence-corrected chi connectivity index (χ2v) is 15.3. The third-order valence-electron chi connectivity index (χ3n) is 6.98. The Bertz CT molecular complexity index is 1770. The fourth-order valence-electron chi connectivity index (χ4n) is 3.89. The van der Waals surface area contributed by atoms with Crippen LogP contribution in [-0.2, 0) is 54.4 Å². The van der Waals surface area contributed by atoms with Crippen molar-refractivity contribution >= 4 is 19.6 Å². The maximum atomic E-state index is 12.7. The van der Waals surface area contributed by atoms with Crippen molar-refractivity contribution in [3.05, 3.63) is 106 Å². The summed E-state index contributed by atoms with van der Waals surface area (Å²) in [4.78, 5) is 30.6. The molecule has 0 aliphatic rings. The van der Waals surface area contributed by atoms with Crippen LogP contribution in [0.15, 0.2) is 60.9 Å². The molecule has 2 aromatic heterocycles. The SMILES string of the molecule is CC(C)(C)C(=O)PC(=O)C(C)(C)C.Cc1ccnc(-c2[c-]c(C(F)(F)F)cc(C(F)(F)F)c2)c1.Cc1ccnc(-c2[c-]c(C(F)(F)F)cc(C(F)(F)F)c2)c1.[Ir]. The summed E-state index contributed by atoms with van der Waals surface area (Å²) in [6, 6.07) is 11.2. The first-order valence-electron chi connectivity index (χ1n) is 15.8. The minimum absolute atomic E-state index is 0. The molecule has 4 aromatic rings. The molecular weight excluding hydrogens is 968 g/mol. The molecule has 0 fully saturated rings. The van der Waals surface area contributed by atoms with Crippen molar-refractivity contribution < 1.29 is 82.4 Å². The van der Waals surface area contributed by atoms with Crippen LogP contribution in [0.2, 0.25) is 0 Å². The molecule has 0 aliphatic carbocycles. The van der Waals surface area contributed by atoms with E-state index in [1.165, 1.54) is 24.5 Å². The zero-order valence-corrected chi connectivity index (χ0v) is 34.2.